The van der Waals surface area contributed by atoms with Crippen LogP contribution < -0.4 is 10.1 Å². The molecule has 1 aliphatic rings. The second-order valence-electron chi connectivity index (χ2n) is 4.91. The number of fused-ring (bicyclic) bond motifs is 1. The molecule has 5 nitrogen and oxygen atoms in total. The molecule has 0 saturated carbocycles. The normalized spacial score (nSPS) is 17.1. The van der Waals surface area contributed by atoms with Crippen molar-refractivity contribution in [2.45, 2.75) is 12.2 Å². The minimum absolute atomic E-state index is 0.0331. The Balaban J connectivity index is 1.92. The molecule has 6 heteroatoms. The first-order valence-corrected chi connectivity index (χ1v) is 7.86. The molecule has 3 rings (SSSR count). The highest BCUT2D eigenvalue weighted by Gasteiger charge is 2.28. The molecular formula is C16H15N3O2S. The summed E-state index contributed by atoms with van der Waals surface area (Å²) < 4.78 is 5.39. The summed E-state index contributed by atoms with van der Waals surface area (Å²) in [7, 11) is 0. The van der Waals surface area contributed by atoms with Gasteiger partial charge in [-0.1, -0.05) is 18.1 Å². The lowest BCUT2D eigenvalue weighted by Crippen LogP contribution is -2.12. The molecule has 0 spiro atoms. The number of H-pyrrole nitrogens is 1. The highest BCUT2D eigenvalue weighted by Crippen LogP contribution is 2.42. The fourth-order valence-corrected chi connectivity index (χ4v) is 3.59. The summed E-state index contributed by atoms with van der Waals surface area (Å²) in [6, 6.07) is 7.77. The number of amides is 1. The number of hydrogen-bond acceptors (Lipinski definition) is 4. The zero-order valence-electron chi connectivity index (χ0n) is 12.1. The van der Waals surface area contributed by atoms with Crippen LogP contribution in [0.2, 0.25) is 0 Å². The van der Waals surface area contributed by atoms with E-state index in [0.29, 0.717) is 11.6 Å². The van der Waals surface area contributed by atoms with Gasteiger partial charge in [-0.15, -0.1) is 18.2 Å². The van der Waals surface area contributed by atoms with Crippen LogP contribution in [0.4, 0.5) is 5.82 Å². The second kappa shape index (κ2) is 6.16. The molecule has 1 aromatic heterocycles. The number of terminal acetylenes is 1. The maximum atomic E-state index is 11.8. The standard InChI is InChI=1S/C16H15N3O2S/c1-3-8-21-12-6-4-11(5-7-12)15-14-10(2)18-19-16(14)17-13(20)9-22-15/h1,4-7,15H,8-9H2,2H3,(H2,17,18,19,20). The van der Waals surface area contributed by atoms with Gasteiger partial charge in [0.15, 0.2) is 5.82 Å². The number of thioether (sulfide) groups is 1. The molecule has 1 aromatic carbocycles. The number of anilines is 1. The van der Waals surface area contributed by atoms with Gasteiger partial charge in [-0.3, -0.25) is 9.89 Å². The Morgan fingerprint density at radius 3 is 2.95 bits per heavy atom. The van der Waals surface area contributed by atoms with E-state index in [1.54, 1.807) is 11.8 Å². The number of nitrogens with zero attached hydrogens (tertiary/aromatic N) is 1. The fourth-order valence-electron chi connectivity index (χ4n) is 2.39. The molecule has 112 valence electrons. The molecule has 2 N–H and O–H groups in total. The molecule has 2 aromatic rings. The molecule has 0 radical (unpaired) electrons. The van der Waals surface area contributed by atoms with E-state index in [1.807, 2.05) is 31.2 Å². The van der Waals surface area contributed by atoms with Crippen molar-refractivity contribution >= 4 is 23.5 Å². The zero-order chi connectivity index (χ0) is 15.5. The Kier molecular flexibility index (Phi) is 4.07. The highest BCUT2D eigenvalue weighted by molar-refractivity contribution is 8.00. The number of aromatic amines is 1. The summed E-state index contributed by atoms with van der Waals surface area (Å²) >= 11 is 1.59. The summed E-state index contributed by atoms with van der Waals surface area (Å²) in [6.07, 6.45) is 5.18. The number of hydrogen-bond donors (Lipinski definition) is 2. The Hall–Kier alpha value is -2.39. The molecule has 1 amide bonds. The van der Waals surface area contributed by atoms with Crippen LogP contribution in [-0.4, -0.2) is 28.5 Å². The Morgan fingerprint density at radius 2 is 2.23 bits per heavy atom. The van der Waals surface area contributed by atoms with Crippen LogP contribution in [0.3, 0.4) is 0 Å². The fraction of sp³-hybridized carbons (Fsp3) is 0.250. The number of nitrogens with one attached hydrogen (secondary N) is 2. The molecule has 0 bridgehead atoms. The smallest absolute Gasteiger partial charge is 0.235 e. The molecule has 0 saturated heterocycles. The van der Waals surface area contributed by atoms with Crippen molar-refractivity contribution in [2.75, 3.05) is 17.7 Å². The Bertz CT molecular complexity index is 731. The predicted octanol–water partition coefficient (Wildman–Crippen LogP) is 2.50. The van der Waals surface area contributed by atoms with Gasteiger partial charge >= 0.3 is 0 Å². The third-order valence-corrected chi connectivity index (χ3v) is 4.67. The van der Waals surface area contributed by atoms with E-state index in [-0.39, 0.29) is 17.8 Å². The number of ether oxygens (including phenoxy) is 1. The Morgan fingerprint density at radius 1 is 1.45 bits per heavy atom. The number of benzene rings is 1. The monoisotopic (exact) mass is 313 g/mol. The second-order valence-corrected chi connectivity index (χ2v) is 6.01. The van der Waals surface area contributed by atoms with Gasteiger partial charge in [0.05, 0.1) is 11.0 Å². The molecule has 0 fully saturated rings. The largest absolute Gasteiger partial charge is 0.481 e. The molecule has 0 aliphatic carbocycles. The molecule has 1 atom stereocenters. The quantitative estimate of drug-likeness (QED) is 0.855. The summed E-state index contributed by atoms with van der Waals surface area (Å²) in [5.74, 6) is 4.16. The predicted molar refractivity (Wildman–Crippen MR) is 87.0 cm³/mol. The van der Waals surface area contributed by atoms with E-state index in [4.69, 9.17) is 11.2 Å². The van der Waals surface area contributed by atoms with Crippen molar-refractivity contribution in [3.05, 3.63) is 41.1 Å². The summed E-state index contributed by atoms with van der Waals surface area (Å²) in [4.78, 5) is 11.8. The summed E-state index contributed by atoms with van der Waals surface area (Å²) in [6.45, 7) is 2.21. The average molecular weight is 313 g/mol. The number of carbonyl (C=O) groups is 1. The number of aromatic nitrogens is 2. The lowest BCUT2D eigenvalue weighted by atomic mass is 10.0. The number of carbonyl (C=O) groups excluding carboxylic acids is 1. The van der Waals surface area contributed by atoms with Crippen molar-refractivity contribution in [3.63, 3.8) is 0 Å². The van der Waals surface area contributed by atoms with Crippen molar-refractivity contribution in [1.82, 2.24) is 10.2 Å². The number of aryl methyl sites for hydroxylation is 1. The highest BCUT2D eigenvalue weighted by atomic mass is 32.2. The SMILES string of the molecule is C#CCOc1ccc(C2SCC(=O)Nc3n[nH]c(C)c32)cc1. The van der Waals surface area contributed by atoms with Crippen LogP contribution in [0.5, 0.6) is 5.75 Å². The molecule has 1 aliphatic heterocycles. The van der Waals surface area contributed by atoms with E-state index in [0.717, 1.165) is 22.6 Å². The third-order valence-electron chi connectivity index (χ3n) is 3.40. The zero-order valence-corrected chi connectivity index (χ0v) is 12.9. The van der Waals surface area contributed by atoms with Gasteiger partial charge in [0.2, 0.25) is 5.91 Å². The lowest BCUT2D eigenvalue weighted by molar-refractivity contribution is -0.113. The first kappa shape index (κ1) is 14.5. The average Bonchev–Trinajstić information content (AvgIpc) is 2.78. The minimum atomic E-state index is -0.0331. The Labute approximate surface area is 132 Å². The van der Waals surface area contributed by atoms with Gasteiger partial charge in [0.25, 0.3) is 0 Å². The lowest BCUT2D eigenvalue weighted by Gasteiger charge is -2.15. The van der Waals surface area contributed by atoms with Gasteiger partial charge in [-0.25, -0.2) is 0 Å². The molecule has 1 unspecified atom stereocenters. The van der Waals surface area contributed by atoms with Crippen molar-refractivity contribution in [2.24, 2.45) is 0 Å². The van der Waals surface area contributed by atoms with Crippen LogP contribution in [0, 0.1) is 19.3 Å². The topological polar surface area (TPSA) is 67.0 Å². The van der Waals surface area contributed by atoms with Gasteiger partial charge in [-0.2, -0.15) is 5.10 Å². The minimum Gasteiger partial charge on any atom is -0.481 e. The van der Waals surface area contributed by atoms with Crippen LogP contribution in [0.15, 0.2) is 24.3 Å². The van der Waals surface area contributed by atoms with Crippen LogP contribution in [0.25, 0.3) is 0 Å². The van der Waals surface area contributed by atoms with E-state index >= 15 is 0 Å². The van der Waals surface area contributed by atoms with Gasteiger partial charge in [0, 0.05) is 11.3 Å². The van der Waals surface area contributed by atoms with Crippen LogP contribution >= 0.6 is 11.8 Å². The third kappa shape index (κ3) is 2.81. The maximum absolute atomic E-state index is 11.8. The van der Waals surface area contributed by atoms with Crippen LogP contribution in [-0.2, 0) is 4.79 Å². The van der Waals surface area contributed by atoms with Crippen molar-refractivity contribution < 1.29 is 9.53 Å². The molecule has 22 heavy (non-hydrogen) atoms. The van der Waals surface area contributed by atoms with E-state index in [9.17, 15) is 4.79 Å². The van der Waals surface area contributed by atoms with Crippen molar-refractivity contribution in [3.8, 4) is 18.1 Å². The van der Waals surface area contributed by atoms with Crippen LogP contribution in [0.1, 0.15) is 22.1 Å². The first-order chi connectivity index (χ1) is 10.7. The molecular weight excluding hydrogens is 298 g/mol. The number of rotatable bonds is 3. The van der Waals surface area contributed by atoms with Gasteiger partial charge < -0.3 is 10.1 Å². The molecule has 2 heterocycles. The summed E-state index contributed by atoms with van der Waals surface area (Å²) in [5, 5.41) is 10.0. The van der Waals surface area contributed by atoms with Gasteiger partial charge in [0.1, 0.15) is 12.4 Å². The summed E-state index contributed by atoms with van der Waals surface area (Å²) in [5.41, 5.74) is 3.08. The first-order valence-electron chi connectivity index (χ1n) is 6.81. The maximum Gasteiger partial charge on any atom is 0.235 e. The van der Waals surface area contributed by atoms with E-state index in [2.05, 4.69) is 21.4 Å². The van der Waals surface area contributed by atoms with E-state index < -0.39 is 0 Å². The van der Waals surface area contributed by atoms with Gasteiger partial charge in [-0.05, 0) is 24.6 Å². The van der Waals surface area contributed by atoms with Crippen molar-refractivity contribution in [1.29, 1.82) is 0 Å². The van der Waals surface area contributed by atoms with E-state index in [1.165, 1.54) is 0 Å².